The van der Waals surface area contributed by atoms with Gasteiger partial charge in [0.15, 0.2) is 0 Å². The first kappa shape index (κ1) is 25.1. The molecule has 0 atom stereocenters. The van der Waals surface area contributed by atoms with Gasteiger partial charge in [-0.3, -0.25) is 19.2 Å². The predicted octanol–water partition coefficient (Wildman–Crippen LogP) is -0.0382. The Kier molecular flexibility index (Phi) is 14.8. The Morgan fingerprint density at radius 3 is 1.15 bits per heavy atom. The minimum Gasteiger partial charge on any atom is -0.351 e. The molecule has 0 aromatic heterocycles. The van der Waals surface area contributed by atoms with Gasteiger partial charge in [0.1, 0.15) is 0 Å². The summed E-state index contributed by atoms with van der Waals surface area (Å²) in [6.45, 7) is 18.3. The Labute approximate surface area is 154 Å². The largest absolute Gasteiger partial charge is 0.351 e. The van der Waals surface area contributed by atoms with E-state index in [0.717, 1.165) is 0 Å². The van der Waals surface area contributed by atoms with Crippen LogP contribution in [0.5, 0.6) is 0 Å². The van der Waals surface area contributed by atoms with Gasteiger partial charge in [-0.15, -0.1) is 0 Å². The SMILES string of the molecule is C=C(C)C(=O)NCCNC(=O)C(=C)C.C=CC(=O)NCCNC(=O)C=C. The van der Waals surface area contributed by atoms with Crippen molar-refractivity contribution in [3.8, 4) is 0 Å². The molecule has 0 aliphatic rings. The number of carbonyl (C=O) groups excluding carboxylic acids is 4. The molecule has 0 fully saturated rings. The molecule has 0 saturated carbocycles. The second-order valence-electron chi connectivity index (χ2n) is 5.06. The molecule has 0 spiro atoms. The van der Waals surface area contributed by atoms with Crippen molar-refractivity contribution in [1.82, 2.24) is 21.3 Å². The van der Waals surface area contributed by atoms with E-state index in [9.17, 15) is 19.2 Å². The van der Waals surface area contributed by atoms with Crippen molar-refractivity contribution in [2.75, 3.05) is 26.2 Å². The predicted molar refractivity (Wildman–Crippen MR) is 102 cm³/mol. The molecule has 0 aliphatic carbocycles. The van der Waals surface area contributed by atoms with Crippen molar-refractivity contribution in [1.29, 1.82) is 0 Å². The average molecular weight is 364 g/mol. The van der Waals surface area contributed by atoms with E-state index in [0.29, 0.717) is 37.3 Å². The molecule has 0 bridgehead atoms. The lowest BCUT2D eigenvalue weighted by Crippen LogP contribution is -2.35. The van der Waals surface area contributed by atoms with Crippen LogP contribution in [-0.4, -0.2) is 49.8 Å². The summed E-state index contributed by atoms with van der Waals surface area (Å²) in [5.74, 6) is -0.894. The van der Waals surface area contributed by atoms with Crippen molar-refractivity contribution in [3.05, 3.63) is 49.6 Å². The maximum Gasteiger partial charge on any atom is 0.246 e. The van der Waals surface area contributed by atoms with Crippen molar-refractivity contribution in [2.45, 2.75) is 13.8 Å². The zero-order chi connectivity index (χ0) is 20.5. The molecular formula is C18H28N4O4. The maximum absolute atomic E-state index is 11.0. The van der Waals surface area contributed by atoms with Crippen molar-refractivity contribution >= 4 is 23.6 Å². The molecule has 0 aromatic rings. The third kappa shape index (κ3) is 15.7. The zero-order valence-corrected chi connectivity index (χ0v) is 15.4. The lowest BCUT2D eigenvalue weighted by atomic mass is 10.3. The Morgan fingerprint density at radius 1 is 0.654 bits per heavy atom. The van der Waals surface area contributed by atoms with Gasteiger partial charge in [0.25, 0.3) is 0 Å². The van der Waals surface area contributed by atoms with Crippen LogP contribution in [0.15, 0.2) is 49.6 Å². The van der Waals surface area contributed by atoms with Crippen LogP contribution in [0.1, 0.15) is 13.8 Å². The molecular weight excluding hydrogens is 336 g/mol. The van der Waals surface area contributed by atoms with Crippen LogP contribution < -0.4 is 21.3 Å². The lowest BCUT2D eigenvalue weighted by Gasteiger charge is -2.06. The molecule has 4 amide bonds. The highest BCUT2D eigenvalue weighted by molar-refractivity contribution is 5.93. The first-order chi connectivity index (χ1) is 12.1. The third-order valence-corrected chi connectivity index (χ3v) is 2.57. The number of rotatable bonds is 10. The van der Waals surface area contributed by atoms with E-state index in [-0.39, 0.29) is 23.6 Å². The van der Waals surface area contributed by atoms with Crippen LogP contribution in [0.4, 0.5) is 0 Å². The minimum atomic E-state index is -0.247. The number of amides is 4. The molecule has 8 heteroatoms. The van der Waals surface area contributed by atoms with Gasteiger partial charge in [-0.2, -0.15) is 0 Å². The molecule has 8 nitrogen and oxygen atoms in total. The number of hydrogen-bond acceptors (Lipinski definition) is 4. The van der Waals surface area contributed by atoms with E-state index in [1.807, 2.05) is 0 Å². The summed E-state index contributed by atoms with van der Waals surface area (Å²) < 4.78 is 0. The summed E-state index contributed by atoms with van der Waals surface area (Å²) in [6.07, 6.45) is 2.35. The first-order valence-corrected chi connectivity index (χ1v) is 7.83. The summed E-state index contributed by atoms with van der Waals surface area (Å²) in [7, 11) is 0. The zero-order valence-electron chi connectivity index (χ0n) is 15.4. The Bertz CT molecular complexity index is 518. The van der Waals surface area contributed by atoms with Gasteiger partial charge >= 0.3 is 0 Å². The van der Waals surface area contributed by atoms with Gasteiger partial charge in [-0.05, 0) is 26.0 Å². The van der Waals surface area contributed by atoms with Crippen LogP contribution >= 0.6 is 0 Å². The summed E-state index contributed by atoms with van der Waals surface area (Å²) in [5.41, 5.74) is 0.910. The summed E-state index contributed by atoms with van der Waals surface area (Å²) in [6, 6.07) is 0. The van der Waals surface area contributed by atoms with E-state index in [1.54, 1.807) is 13.8 Å². The van der Waals surface area contributed by atoms with Crippen LogP contribution in [0.2, 0.25) is 0 Å². The topological polar surface area (TPSA) is 116 Å². The van der Waals surface area contributed by atoms with Crippen molar-refractivity contribution in [3.63, 3.8) is 0 Å². The molecule has 0 heterocycles. The van der Waals surface area contributed by atoms with Crippen LogP contribution in [0.3, 0.4) is 0 Å². The van der Waals surface area contributed by atoms with Crippen LogP contribution in [0.25, 0.3) is 0 Å². The van der Waals surface area contributed by atoms with E-state index >= 15 is 0 Å². The molecule has 0 saturated heterocycles. The highest BCUT2D eigenvalue weighted by atomic mass is 16.2. The highest BCUT2D eigenvalue weighted by Crippen LogP contribution is 1.85. The molecule has 0 aromatic carbocycles. The van der Waals surface area contributed by atoms with Crippen LogP contribution in [0, 0.1) is 0 Å². The quantitative estimate of drug-likeness (QED) is 0.321. The Hall–Kier alpha value is -3.16. The maximum atomic E-state index is 11.0. The van der Waals surface area contributed by atoms with Crippen LogP contribution in [-0.2, 0) is 19.2 Å². The van der Waals surface area contributed by atoms with E-state index in [2.05, 4.69) is 47.6 Å². The third-order valence-electron chi connectivity index (χ3n) is 2.57. The van der Waals surface area contributed by atoms with Gasteiger partial charge in [-0.25, -0.2) is 0 Å². The number of carbonyl (C=O) groups is 4. The van der Waals surface area contributed by atoms with Gasteiger partial charge in [0.2, 0.25) is 23.6 Å². The Morgan fingerprint density at radius 2 is 0.923 bits per heavy atom. The smallest absolute Gasteiger partial charge is 0.246 e. The molecule has 0 rings (SSSR count). The standard InChI is InChI=1S/C10H16N2O2.C8H12N2O2/c1-7(2)9(13)11-5-6-12-10(14)8(3)4;1-3-7(11)9-5-6-10-8(12)4-2/h1,3,5-6H2,2,4H3,(H,11,13)(H,12,14);3-4H,1-2,5-6H2,(H,9,11)(H,10,12). The monoisotopic (exact) mass is 364 g/mol. The number of hydrogen-bond donors (Lipinski definition) is 4. The van der Waals surface area contributed by atoms with E-state index in [1.165, 1.54) is 12.2 Å². The highest BCUT2D eigenvalue weighted by Gasteiger charge is 2.02. The molecule has 26 heavy (non-hydrogen) atoms. The fraction of sp³-hybridized carbons (Fsp3) is 0.333. The normalized spacial score (nSPS) is 8.69. The van der Waals surface area contributed by atoms with E-state index in [4.69, 9.17) is 0 Å². The van der Waals surface area contributed by atoms with E-state index < -0.39 is 0 Å². The second-order valence-corrected chi connectivity index (χ2v) is 5.06. The fourth-order valence-corrected chi connectivity index (χ4v) is 1.17. The molecule has 0 unspecified atom stereocenters. The van der Waals surface area contributed by atoms with Gasteiger partial charge in [0.05, 0.1) is 0 Å². The van der Waals surface area contributed by atoms with Gasteiger partial charge in [0, 0.05) is 37.3 Å². The van der Waals surface area contributed by atoms with Crippen molar-refractivity contribution in [2.24, 2.45) is 0 Å². The average Bonchev–Trinajstić information content (AvgIpc) is 2.61. The summed E-state index contributed by atoms with van der Waals surface area (Å²) in [4.78, 5) is 43.1. The molecule has 0 radical (unpaired) electrons. The fourth-order valence-electron chi connectivity index (χ4n) is 1.17. The second kappa shape index (κ2) is 15.4. The molecule has 4 N–H and O–H groups in total. The van der Waals surface area contributed by atoms with Gasteiger partial charge in [-0.1, -0.05) is 26.3 Å². The lowest BCUT2D eigenvalue weighted by molar-refractivity contribution is -0.119. The summed E-state index contributed by atoms with van der Waals surface area (Å²) >= 11 is 0. The van der Waals surface area contributed by atoms with Gasteiger partial charge < -0.3 is 21.3 Å². The molecule has 144 valence electrons. The van der Waals surface area contributed by atoms with Crippen molar-refractivity contribution < 1.29 is 19.2 Å². The summed E-state index contributed by atoms with van der Waals surface area (Å²) in [5, 5.41) is 10.2. The first-order valence-electron chi connectivity index (χ1n) is 7.83. The Balaban J connectivity index is 0. The molecule has 0 aliphatic heterocycles. The number of nitrogens with one attached hydrogen (secondary N) is 4. The minimum absolute atomic E-state index is 0.199.